The van der Waals surface area contributed by atoms with E-state index in [0.717, 1.165) is 28.3 Å². The van der Waals surface area contributed by atoms with Crippen molar-refractivity contribution in [2.75, 3.05) is 5.32 Å². The maximum Gasteiger partial charge on any atom is 0.228 e. The number of hydrogen-bond acceptors (Lipinski definition) is 1. The highest BCUT2D eigenvalue weighted by Crippen LogP contribution is 2.50. The molecule has 0 heterocycles. The first-order valence-electron chi connectivity index (χ1n) is 6.87. The van der Waals surface area contributed by atoms with E-state index in [1.165, 1.54) is 0 Å². The van der Waals surface area contributed by atoms with E-state index in [1.54, 1.807) is 6.07 Å². The molecule has 2 nitrogen and oxygen atoms in total. The normalized spacial score (nSPS) is 20.1. The van der Waals surface area contributed by atoms with E-state index in [0.29, 0.717) is 5.02 Å². The van der Waals surface area contributed by atoms with Crippen LogP contribution < -0.4 is 5.32 Å². The molecule has 1 aliphatic carbocycles. The Hall–Kier alpha value is -1.51. The maximum atomic E-state index is 12.3. The van der Waals surface area contributed by atoms with E-state index in [1.807, 2.05) is 43.3 Å². The zero-order chi connectivity index (χ0) is 15.0. The van der Waals surface area contributed by atoms with Gasteiger partial charge in [0.05, 0.1) is 0 Å². The van der Waals surface area contributed by atoms with E-state index in [9.17, 15) is 4.79 Å². The molecule has 0 saturated heterocycles. The molecule has 2 atom stereocenters. The molecule has 1 amide bonds. The Morgan fingerprint density at radius 2 is 1.95 bits per heavy atom. The second kappa shape index (κ2) is 5.70. The topological polar surface area (TPSA) is 29.1 Å². The van der Waals surface area contributed by atoms with Crippen molar-refractivity contribution < 1.29 is 4.79 Å². The Bertz CT molecular complexity index is 699. The predicted molar refractivity (Wildman–Crippen MR) is 87.1 cm³/mol. The zero-order valence-electron chi connectivity index (χ0n) is 11.6. The van der Waals surface area contributed by atoms with Gasteiger partial charge in [0.2, 0.25) is 5.91 Å². The van der Waals surface area contributed by atoms with Gasteiger partial charge in [-0.3, -0.25) is 4.79 Å². The lowest BCUT2D eigenvalue weighted by molar-refractivity contribution is -0.117. The summed E-state index contributed by atoms with van der Waals surface area (Å²) in [5.41, 5.74) is 2.84. The number of benzene rings is 2. The van der Waals surface area contributed by atoms with E-state index < -0.39 is 0 Å². The average Bonchev–Trinajstić information content (AvgIpc) is 3.24. The van der Waals surface area contributed by atoms with Crippen LogP contribution in [0.2, 0.25) is 10.0 Å². The van der Waals surface area contributed by atoms with Crippen LogP contribution in [-0.4, -0.2) is 5.91 Å². The second-order valence-corrected chi connectivity index (χ2v) is 6.26. The standard InChI is InChI=1S/C17H15Cl2NO/c1-10-6-7-11(18)8-16(10)20-17(21)14-9-13(14)12-4-2-3-5-15(12)19/h2-8,13-14H,9H2,1H3,(H,20,21). The summed E-state index contributed by atoms with van der Waals surface area (Å²) in [6.07, 6.45) is 0.842. The number of aryl methyl sites for hydroxylation is 1. The quantitative estimate of drug-likeness (QED) is 0.843. The molecule has 0 radical (unpaired) electrons. The van der Waals surface area contributed by atoms with Crippen LogP contribution >= 0.6 is 23.2 Å². The highest BCUT2D eigenvalue weighted by Gasteiger charge is 2.44. The number of nitrogens with one attached hydrogen (secondary N) is 1. The molecule has 1 saturated carbocycles. The third kappa shape index (κ3) is 3.07. The van der Waals surface area contributed by atoms with Crippen molar-refractivity contribution in [2.45, 2.75) is 19.3 Å². The number of carbonyl (C=O) groups is 1. The van der Waals surface area contributed by atoms with Crippen LogP contribution in [0.1, 0.15) is 23.5 Å². The summed E-state index contributed by atoms with van der Waals surface area (Å²) < 4.78 is 0. The third-order valence-electron chi connectivity index (χ3n) is 3.89. The summed E-state index contributed by atoms with van der Waals surface area (Å²) in [4.78, 5) is 12.3. The van der Waals surface area contributed by atoms with Gasteiger partial charge in [-0.1, -0.05) is 47.5 Å². The molecular formula is C17H15Cl2NO. The number of carbonyl (C=O) groups excluding carboxylic acids is 1. The van der Waals surface area contributed by atoms with Crippen molar-refractivity contribution in [1.29, 1.82) is 0 Å². The van der Waals surface area contributed by atoms with Crippen LogP contribution in [0.15, 0.2) is 42.5 Å². The van der Waals surface area contributed by atoms with E-state index >= 15 is 0 Å². The predicted octanol–water partition coefficient (Wildman–Crippen LogP) is 5.04. The molecule has 0 bridgehead atoms. The van der Waals surface area contributed by atoms with Gasteiger partial charge in [-0.15, -0.1) is 0 Å². The van der Waals surface area contributed by atoms with Gasteiger partial charge in [0.1, 0.15) is 0 Å². The first kappa shape index (κ1) is 14.4. The van der Waals surface area contributed by atoms with Crippen molar-refractivity contribution in [3.8, 4) is 0 Å². The SMILES string of the molecule is Cc1ccc(Cl)cc1NC(=O)C1CC1c1ccccc1Cl. The monoisotopic (exact) mass is 319 g/mol. The molecule has 2 aromatic carbocycles. The number of hydrogen-bond donors (Lipinski definition) is 1. The smallest absolute Gasteiger partial charge is 0.228 e. The van der Waals surface area contributed by atoms with Gasteiger partial charge in [0.25, 0.3) is 0 Å². The van der Waals surface area contributed by atoms with Crippen LogP contribution in [0.4, 0.5) is 5.69 Å². The number of halogens is 2. The molecule has 108 valence electrons. The van der Waals surface area contributed by atoms with Gasteiger partial charge in [-0.05, 0) is 48.6 Å². The van der Waals surface area contributed by atoms with E-state index in [-0.39, 0.29) is 17.7 Å². The summed E-state index contributed by atoms with van der Waals surface area (Å²) in [5.74, 6) is 0.242. The lowest BCUT2D eigenvalue weighted by atomic mass is 10.1. The zero-order valence-corrected chi connectivity index (χ0v) is 13.1. The number of rotatable bonds is 3. The van der Waals surface area contributed by atoms with E-state index in [4.69, 9.17) is 23.2 Å². The summed E-state index contributed by atoms with van der Waals surface area (Å²) in [7, 11) is 0. The average molecular weight is 320 g/mol. The Kier molecular flexibility index (Phi) is 3.92. The second-order valence-electron chi connectivity index (χ2n) is 5.42. The summed E-state index contributed by atoms with van der Waals surface area (Å²) in [6, 6.07) is 13.2. The van der Waals surface area contributed by atoms with Gasteiger partial charge in [-0.2, -0.15) is 0 Å². The van der Waals surface area contributed by atoms with Crippen LogP contribution in [0.3, 0.4) is 0 Å². The number of anilines is 1. The van der Waals surface area contributed by atoms with Crippen LogP contribution in [0.25, 0.3) is 0 Å². The molecule has 1 aliphatic rings. The lowest BCUT2D eigenvalue weighted by Crippen LogP contribution is -2.15. The van der Waals surface area contributed by atoms with Gasteiger partial charge in [0, 0.05) is 21.7 Å². The molecule has 0 aliphatic heterocycles. The molecule has 0 aromatic heterocycles. The van der Waals surface area contributed by atoms with Gasteiger partial charge in [0.15, 0.2) is 0 Å². The molecule has 2 unspecified atom stereocenters. The first-order chi connectivity index (χ1) is 10.1. The van der Waals surface area contributed by atoms with E-state index in [2.05, 4.69) is 5.32 Å². The third-order valence-corrected chi connectivity index (χ3v) is 4.47. The highest BCUT2D eigenvalue weighted by molar-refractivity contribution is 6.31. The molecular weight excluding hydrogens is 305 g/mol. The van der Waals surface area contributed by atoms with Crippen LogP contribution in [-0.2, 0) is 4.79 Å². The maximum absolute atomic E-state index is 12.3. The minimum Gasteiger partial charge on any atom is -0.326 e. The highest BCUT2D eigenvalue weighted by atomic mass is 35.5. The fourth-order valence-electron chi connectivity index (χ4n) is 2.56. The largest absolute Gasteiger partial charge is 0.326 e. The van der Waals surface area contributed by atoms with Gasteiger partial charge in [-0.25, -0.2) is 0 Å². The number of amides is 1. The minimum absolute atomic E-state index is 0.0109. The lowest BCUT2D eigenvalue weighted by Gasteiger charge is -2.09. The van der Waals surface area contributed by atoms with Crippen molar-refractivity contribution in [1.82, 2.24) is 0 Å². The van der Waals surface area contributed by atoms with Crippen molar-refractivity contribution in [3.63, 3.8) is 0 Å². The molecule has 3 rings (SSSR count). The van der Waals surface area contributed by atoms with Crippen molar-refractivity contribution in [2.24, 2.45) is 5.92 Å². The molecule has 2 aromatic rings. The molecule has 1 N–H and O–H groups in total. The van der Waals surface area contributed by atoms with Crippen molar-refractivity contribution in [3.05, 3.63) is 63.6 Å². The Balaban J connectivity index is 1.71. The van der Waals surface area contributed by atoms with Crippen LogP contribution in [0.5, 0.6) is 0 Å². The molecule has 4 heteroatoms. The summed E-state index contributed by atoms with van der Waals surface area (Å²) in [6.45, 7) is 1.95. The minimum atomic E-state index is -0.0109. The Labute approximate surface area is 134 Å². The molecule has 0 spiro atoms. The molecule has 1 fully saturated rings. The molecule has 21 heavy (non-hydrogen) atoms. The first-order valence-corrected chi connectivity index (χ1v) is 7.63. The van der Waals surface area contributed by atoms with Crippen LogP contribution in [0, 0.1) is 12.8 Å². The Morgan fingerprint density at radius 3 is 2.71 bits per heavy atom. The summed E-state index contributed by atoms with van der Waals surface area (Å²) >= 11 is 12.2. The fourth-order valence-corrected chi connectivity index (χ4v) is 3.01. The Morgan fingerprint density at radius 1 is 1.19 bits per heavy atom. The fraction of sp³-hybridized carbons (Fsp3) is 0.235. The summed E-state index contributed by atoms with van der Waals surface area (Å²) in [5, 5.41) is 4.32. The van der Waals surface area contributed by atoms with Gasteiger partial charge < -0.3 is 5.32 Å². The van der Waals surface area contributed by atoms with Gasteiger partial charge >= 0.3 is 0 Å². The van der Waals surface area contributed by atoms with Crippen molar-refractivity contribution >= 4 is 34.8 Å².